The van der Waals surface area contributed by atoms with E-state index in [1.165, 1.54) is 25.7 Å². The number of aromatic amines is 1. The van der Waals surface area contributed by atoms with Crippen molar-refractivity contribution < 1.29 is 4.79 Å². The topological polar surface area (TPSA) is 81.8 Å². The minimum Gasteiger partial charge on any atom is -0.356 e. The van der Waals surface area contributed by atoms with Crippen LogP contribution >= 0.6 is 0 Å². The molecular weight excluding hydrogens is 266 g/mol. The quantitative estimate of drug-likeness (QED) is 0.627. The van der Waals surface area contributed by atoms with Crippen LogP contribution in [0.2, 0.25) is 0 Å². The third-order valence-corrected chi connectivity index (χ3v) is 4.74. The van der Waals surface area contributed by atoms with Crippen molar-refractivity contribution in [1.82, 2.24) is 26.1 Å². The highest BCUT2D eigenvalue weighted by atomic mass is 16.1. The molecule has 1 aromatic heterocycles. The van der Waals surface area contributed by atoms with Crippen LogP contribution in [0.25, 0.3) is 0 Å². The van der Waals surface area contributed by atoms with Crippen molar-refractivity contribution in [3.63, 3.8) is 0 Å². The molecule has 3 rings (SSSR count). The monoisotopic (exact) mass is 291 g/mol. The van der Waals surface area contributed by atoms with Gasteiger partial charge in [0.15, 0.2) is 0 Å². The van der Waals surface area contributed by atoms with Crippen molar-refractivity contribution in [2.45, 2.75) is 57.0 Å². The van der Waals surface area contributed by atoms with Gasteiger partial charge < -0.3 is 10.3 Å². The number of nitrogens with one attached hydrogen (secondary N) is 4. The average molecular weight is 291 g/mol. The second-order valence-electron chi connectivity index (χ2n) is 6.17. The van der Waals surface area contributed by atoms with Crippen LogP contribution in [-0.4, -0.2) is 34.5 Å². The van der Waals surface area contributed by atoms with E-state index in [0.717, 1.165) is 18.5 Å². The summed E-state index contributed by atoms with van der Waals surface area (Å²) in [5, 5.41) is 2.98. The first-order chi connectivity index (χ1) is 10.3. The van der Waals surface area contributed by atoms with Crippen LogP contribution in [0.5, 0.6) is 0 Å². The van der Waals surface area contributed by atoms with Crippen LogP contribution in [0.1, 0.15) is 44.2 Å². The summed E-state index contributed by atoms with van der Waals surface area (Å²) in [4.78, 5) is 18.9. The highest BCUT2D eigenvalue weighted by Gasteiger charge is 2.36. The van der Waals surface area contributed by atoms with Gasteiger partial charge in [0.2, 0.25) is 5.91 Å². The van der Waals surface area contributed by atoms with Crippen LogP contribution in [0.3, 0.4) is 0 Å². The number of carbonyl (C=O) groups excluding carboxylic acids is 1. The van der Waals surface area contributed by atoms with E-state index >= 15 is 0 Å². The molecule has 0 aromatic carbocycles. The maximum absolute atomic E-state index is 11.9. The molecule has 6 nitrogen and oxygen atoms in total. The van der Waals surface area contributed by atoms with Gasteiger partial charge in [-0.1, -0.05) is 12.8 Å². The molecule has 2 aliphatic rings. The summed E-state index contributed by atoms with van der Waals surface area (Å²) in [5.74, 6) is 0.854. The molecule has 1 amide bonds. The highest BCUT2D eigenvalue weighted by molar-refractivity contribution is 5.75. The molecule has 2 fully saturated rings. The Labute approximate surface area is 125 Å². The number of H-pyrrole nitrogens is 1. The second-order valence-corrected chi connectivity index (χ2v) is 6.17. The molecular formula is C15H25N5O. The first-order valence-electron chi connectivity index (χ1n) is 8.08. The normalized spacial score (nSPS) is 28.3. The molecule has 0 spiro atoms. The van der Waals surface area contributed by atoms with Gasteiger partial charge in [0.1, 0.15) is 0 Å². The lowest BCUT2D eigenvalue weighted by Crippen LogP contribution is -2.34. The summed E-state index contributed by atoms with van der Waals surface area (Å²) in [6.07, 6.45) is 11.0. The molecule has 2 heterocycles. The number of imidazole rings is 1. The molecule has 1 saturated heterocycles. The van der Waals surface area contributed by atoms with E-state index in [9.17, 15) is 4.79 Å². The molecule has 0 bridgehead atoms. The van der Waals surface area contributed by atoms with Crippen LogP contribution < -0.4 is 16.2 Å². The molecule has 4 N–H and O–H groups in total. The zero-order valence-electron chi connectivity index (χ0n) is 12.4. The molecule has 3 unspecified atom stereocenters. The molecule has 1 aromatic rings. The number of hydrazine groups is 1. The first-order valence-corrected chi connectivity index (χ1v) is 8.08. The van der Waals surface area contributed by atoms with Gasteiger partial charge in [0, 0.05) is 43.4 Å². The summed E-state index contributed by atoms with van der Waals surface area (Å²) in [7, 11) is 0. The van der Waals surface area contributed by atoms with Crippen molar-refractivity contribution >= 4 is 5.91 Å². The summed E-state index contributed by atoms with van der Waals surface area (Å²) >= 11 is 0. The predicted octanol–water partition coefficient (Wildman–Crippen LogP) is 0.884. The Morgan fingerprint density at radius 3 is 3.10 bits per heavy atom. The SMILES string of the molecule is O=C(CCC1NNC2CCCCC21)NCCc1cnc[nH]1. The minimum atomic E-state index is 0.149. The Bertz CT molecular complexity index is 447. The number of carbonyl (C=O) groups is 1. The van der Waals surface area contributed by atoms with E-state index in [-0.39, 0.29) is 5.91 Å². The fourth-order valence-electron chi connectivity index (χ4n) is 3.56. The fraction of sp³-hybridized carbons (Fsp3) is 0.733. The van der Waals surface area contributed by atoms with Gasteiger partial charge in [0.05, 0.1) is 6.33 Å². The third-order valence-electron chi connectivity index (χ3n) is 4.74. The maximum Gasteiger partial charge on any atom is 0.220 e. The second kappa shape index (κ2) is 7.04. The number of nitrogens with zero attached hydrogens (tertiary/aromatic N) is 1. The zero-order valence-corrected chi connectivity index (χ0v) is 12.4. The van der Waals surface area contributed by atoms with Crippen molar-refractivity contribution in [3.8, 4) is 0 Å². The largest absolute Gasteiger partial charge is 0.356 e. The van der Waals surface area contributed by atoms with Crippen LogP contribution in [0.4, 0.5) is 0 Å². The smallest absolute Gasteiger partial charge is 0.220 e. The van der Waals surface area contributed by atoms with Gasteiger partial charge in [-0.15, -0.1) is 0 Å². The van der Waals surface area contributed by atoms with Gasteiger partial charge in [-0.3, -0.25) is 15.6 Å². The molecule has 1 aliphatic carbocycles. The number of fused-ring (bicyclic) bond motifs is 1. The Morgan fingerprint density at radius 2 is 2.24 bits per heavy atom. The van der Waals surface area contributed by atoms with E-state index < -0.39 is 0 Å². The lowest BCUT2D eigenvalue weighted by Gasteiger charge is -2.27. The van der Waals surface area contributed by atoms with Gasteiger partial charge in [0.25, 0.3) is 0 Å². The Hall–Kier alpha value is -1.40. The first kappa shape index (κ1) is 14.5. The predicted molar refractivity (Wildman–Crippen MR) is 80.3 cm³/mol. The molecule has 0 radical (unpaired) electrons. The van der Waals surface area contributed by atoms with Gasteiger partial charge in [-0.05, 0) is 25.2 Å². The lowest BCUT2D eigenvalue weighted by molar-refractivity contribution is -0.121. The summed E-state index contributed by atoms with van der Waals surface area (Å²) in [6, 6.07) is 1.07. The summed E-state index contributed by atoms with van der Waals surface area (Å²) in [6.45, 7) is 0.670. The maximum atomic E-state index is 11.9. The summed E-state index contributed by atoms with van der Waals surface area (Å²) < 4.78 is 0. The number of aromatic nitrogens is 2. The van der Waals surface area contributed by atoms with Gasteiger partial charge in [-0.2, -0.15) is 0 Å². The Balaban J connectivity index is 1.34. The van der Waals surface area contributed by atoms with E-state index in [0.29, 0.717) is 31.0 Å². The van der Waals surface area contributed by atoms with Crippen LogP contribution in [0, 0.1) is 5.92 Å². The number of amides is 1. The van der Waals surface area contributed by atoms with Gasteiger partial charge >= 0.3 is 0 Å². The zero-order chi connectivity index (χ0) is 14.5. The van der Waals surface area contributed by atoms with E-state index in [1.807, 2.05) is 0 Å². The molecule has 116 valence electrons. The van der Waals surface area contributed by atoms with E-state index in [2.05, 4.69) is 26.1 Å². The van der Waals surface area contributed by atoms with Gasteiger partial charge in [-0.25, -0.2) is 4.98 Å². The Kier molecular flexibility index (Phi) is 4.87. The number of hydrogen-bond acceptors (Lipinski definition) is 4. The lowest BCUT2D eigenvalue weighted by atomic mass is 9.80. The van der Waals surface area contributed by atoms with Crippen LogP contribution in [-0.2, 0) is 11.2 Å². The highest BCUT2D eigenvalue weighted by Crippen LogP contribution is 2.31. The number of rotatable bonds is 6. The molecule has 1 saturated carbocycles. The average Bonchev–Trinajstić information content (AvgIpc) is 3.14. The third kappa shape index (κ3) is 3.83. The van der Waals surface area contributed by atoms with Crippen LogP contribution in [0.15, 0.2) is 12.5 Å². The summed E-state index contributed by atoms with van der Waals surface area (Å²) in [5.41, 5.74) is 7.85. The van der Waals surface area contributed by atoms with Crippen molar-refractivity contribution in [2.24, 2.45) is 5.92 Å². The molecule has 3 atom stereocenters. The molecule has 1 aliphatic heterocycles. The van der Waals surface area contributed by atoms with E-state index in [4.69, 9.17) is 0 Å². The van der Waals surface area contributed by atoms with Crippen molar-refractivity contribution in [2.75, 3.05) is 6.54 Å². The van der Waals surface area contributed by atoms with Crippen molar-refractivity contribution in [3.05, 3.63) is 18.2 Å². The fourth-order valence-corrected chi connectivity index (χ4v) is 3.56. The van der Waals surface area contributed by atoms with Crippen molar-refractivity contribution in [1.29, 1.82) is 0 Å². The molecule has 21 heavy (non-hydrogen) atoms. The van der Waals surface area contributed by atoms with E-state index in [1.54, 1.807) is 12.5 Å². The molecule has 6 heteroatoms. The number of hydrogen-bond donors (Lipinski definition) is 4. The standard InChI is InChI=1S/C15H25N5O/c21-15(17-8-7-11-9-16-10-18-11)6-5-14-12-3-1-2-4-13(12)19-20-14/h9-10,12-14,19-20H,1-8H2,(H,16,18)(H,17,21). The minimum absolute atomic E-state index is 0.149. The Morgan fingerprint density at radius 1 is 1.33 bits per heavy atom.